The second-order valence-electron chi connectivity index (χ2n) is 26.3. The van der Waals surface area contributed by atoms with Crippen LogP contribution in [0.1, 0.15) is 310 Å². The Kier molecular flexibility index (Phi) is 72.4. The van der Waals surface area contributed by atoms with Gasteiger partial charge in [-0.1, -0.05) is 315 Å². The Morgan fingerprint density at radius 3 is 0.913 bits per heavy atom. The summed E-state index contributed by atoms with van der Waals surface area (Å²) in [5.74, 6) is -2.43. The first-order chi connectivity index (χ1) is 50.7. The highest BCUT2D eigenvalue weighted by atomic mass is 31.2. The molecule has 0 aromatic rings. The van der Waals surface area contributed by atoms with Crippen LogP contribution in [0.25, 0.3) is 0 Å². The van der Waals surface area contributed by atoms with Gasteiger partial charge in [0.2, 0.25) is 0 Å². The molecule has 0 aliphatic heterocycles. The van der Waals surface area contributed by atoms with Gasteiger partial charge < -0.3 is 33.8 Å². The van der Waals surface area contributed by atoms with Gasteiger partial charge in [-0.15, -0.1) is 0 Å². The van der Waals surface area contributed by atoms with Crippen LogP contribution in [0.3, 0.4) is 0 Å². The van der Waals surface area contributed by atoms with E-state index < -0.39 is 97.5 Å². The first-order valence-electron chi connectivity index (χ1n) is 40.1. The molecule has 104 heavy (non-hydrogen) atoms. The van der Waals surface area contributed by atoms with Gasteiger partial charge in [-0.2, -0.15) is 0 Å². The van der Waals surface area contributed by atoms with Gasteiger partial charge in [0.05, 0.1) is 32.8 Å². The smallest absolute Gasteiger partial charge is 0.462 e. The van der Waals surface area contributed by atoms with Crippen molar-refractivity contribution >= 4 is 39.5 Å². The average molecular weight is 1500 g/mol. The lowest BCUT2D eigenvalue weighted by Gasteiger charge is -2.21. The summed E-state index contributed by atoms with van der Waals surface area (Å²) in [6.07, 6.45) is 87.3. The molecule has 0 aromatic heterocycles. The van der Waals surface area contributed by atoms with E-state index in [2.05, 4.69) is 131 Å². The van der Waals surface area contributed by atoms with Crippen molar-refractivity contribution in [3.8, 4) is 0 Å². The molecule has 0 heterocycles. The number of rotatable bonds is 74. The first-order valence-corrected chi connectivity index (χ1v) is 43.1. The van der Waals surface area contributed by atoms with E-state index in [1.807, 2.05) is 30.4 Å². The molecule has 0 radical (unpaired) electrons. The van der Waals surface area contributed by atoms with Gasteiger partial charge in [-0.05, 0) is 116 Å². The Balaban J connectivity index is 5.49. The molecular formula is C85H142O17P2. The SMILES string of the molecule is CC/C=C\C/C=C\C/C=C\C/C=C\C/C=C\C/C=C\CCC(=O)OCC(COP(=O)(O)OCC(O)COP(=O)(O)OCC(COC(=O)CCCCCCC/C=C\CCCCCCCC)OC(=O)CCCCCCCCCCCCCCCCC)OC(=O)C/C=C\C/C=C\C/C=C\C/C=C\C/C=C\CC. The van der Waals surface area contributed by atoms with Crippen molar-refractivity contribution in [2.45, 2.75) is 329 Å². The molecular weight excluding hydrogens is 1350 g/mol. The lowest BCUT2D eigenvalue weighted by atomic mass is 10.0. The maximum Gasteiger partial charge on any atom is 0.472 e. The number of aliphatic hydroxyl groups is 1. The molecule has 0 fully saturated rings. The summed E-state index contributed by atoms with van der Waals surface area (Å²) in [7, 11) is -10.0. The number of esters is 4. The van der Waals surface area contributed by atoms with E-state index in [9.17, 15) is 43.2 Å². The van der Waals surface area contributed by atoms with Crippen LogP contribution in [0, 0.1) is 0 Å². The third-order valence-electron chi connectivity index (χ3n) is 16.3. The van der Waals surface area contributed by atoms with E-state index in [4.69, 9.17) is 37.0 Å². The summed E-state index contributed by atoms with van der Waals surface area (Å²) in [5, 5.41) is 10.6. The number of hydrogen-bond acceptors (Lipinski definition) is 15. The summed E-state index contributed by atoms with van der Waals surface area (Å²) in [4.78, 5) is 72.9. The van der Waals surface area contributed by atoms with E-state index in [0.717, 1.165) is 122 Å². The molecule has 5 unspecified atom stereocenters. The summed E-state index contributed by atoms with van der Waals surface area (Å²) in [6, 6.07) is 0. The van der Waals surface area contributed by atoms with Gasteiger partial charge in [0.25, 0.3) is 0 Å². The second-order valence-corrected chi connectivity index (χ2v) is 29.2. The van der Waals surface area contributed by atoms with Gasteiger partial charge in [0.15, 0.2) is 12.2 Å². The molecule has 0 aromatic carbocycles. The van der Waals surface area contributed by atoms with E-state index >= 15 is 0 Å². The van der Waals surface area contributed by atoms with E-state index in [0.29, 0.717) is 32.1 Å². The van der Waals surface area contributed by atoms with Crippen LogP contribution in [-0.2, 0) is 65.4 Å². The Bertz CT molecular complexity index is 2540. The van der Waals surface area contributed by atoms with Crippen LogP contribution in [0.4, 0.5) is 0 Å². The zero-order valence-electron chi connectivity index (χ0n) is 64.9. The highest BCUT2D eigenvalue weighted by molar-refractivity contribution is 7.47. The zero-order chi connectivity index (χ0) is 76.0. The molecule has 0 saturated heterocycles. The first kappa shape index (κ1) is 98.9. The van der Waals surface area contributed by atoms with Gasteiger partial charge in [0.1, 0.15) is 19.3 Å². The maximum atomic E-state index is 13.1. The molecule has 594 valence electrons. The number of phosphoric acid groups is 2. The Labute approximate surface area is 630 Å². The van der Waals surface area contributed by atoms with Gasteiger partial charge in [-0.3, -0.25) is 37.3 Å². The van der Waals surface area contributed by atoms with Gasteiger partial charge in [0, 0.05) is 19.3 Å². The topological polar surface area (TPSA) is 237 Å². The number of aliphatic hydroxyl groups excluding tert-OH is 1. The van der Waals surface area contributed by atoms with Crippen LogP contribution in [0.5, 0.6) is 0 Å². The highest BCUT2D eigenvalue weighted by Crippen LogP contribution is 2.45. The summed E-state index contributed by atoms with van der Waals surface area (Å²) in [5.41, 5.74) is 0. The van der Waals surface area contributed by atoms with Crippen molar-refractivity contribution in [2.75, 3.05) is 39.6 Å². The number of carbonyl (C=O) groups excluding carboxylic acids is 4. The molecule has 3 N–H and O–H groups in total. The number of phosphoric ester groups is 2. The molecule has 19 heteroatoms. The Morgan fingerprint density at radius 2 is 0.558 bits per heavy atom. The second kappa shape index (κ2) is 76.1. The van der Waals surface area contributed by atoms with E-state index in [1.165, 1.54) is 103 Å². The Morgan fingerprint density at radius 1 is 0.288 bits per heavy atom. The van der Waals surface area contributed by atoms with Gasteiger partial charge >= 0.3 is 39.5 Å². The fraction of sp³-hybridized carbons (Fsp3) is 0.671. The number of allylic oxidation sites excluding steroid dienone is 23. The molecule has 17 nitrogen and oxygen atoms in total. The van der Waals surface area contributed by atoms with Crippen molar-refractivity contribution in [1.82, 2.24) is 0 Å². The predicted molar refractivity (Wildman–Crippen MR) is 427 cm³/mol. The minimum atomic E-state index is -5.02. The monoisotopic (exact) mass is 1500 g/mol. The predicted octanol–water partition coefficient (Wildman–Crippen LogP) is 23.4. The molecule has 5 atom stereocenters. The fourth-order valence-corrected chi connectivity index (χ4v) is 11.9. The minimum Gasteiger partial charge on any atom is -0.462 e. The van der Waals surface area contributed by atoms with Crippen LogP contribution in [0.15, 0.2) is 146 Å². The summed E-state index contributed by atoms with van der Waals surface area (Å²) >= 11 is 0. The van der Waals surface area contributed by atoms with Crippen molar-refractivity contribution in [2.24, 2.45) is 0 Å². The molecule has 0 bridgehead atoms. The fourth-order valence-electron chi connectivity index (χ4n) is 10.3. The minimum absolute atomic E-state index is 0.0125. The lowest BCUT2D eigenvalue weighted by Crippen LogP contribution is -2.30. The van der Waals surface area contributed by atoms with Crippen molar-refractivity contribution in [3.63, 3.8) is 0 Å². The largest absolute Gasteiger partial charge is 0.472 e. The van der Waals surface area contributed by atoms with Gasteiger partial charge in [-0.25, -0.2) is 9.13 Å². The quantitative estimate of drug-likeness (QED) is 0.0169. The number of carbonyl (C=O) groups is 4. The molecule has 0 saturated carbocycles. The van der Waals surface area contributed by atoms with Crippen molar-refractivity contribution in [1.29, 1.82) is 0 Å². The standard InChI is InChI=1S/C85H142O17P2/c1-5-9-13-17-21-25-29-33-37-38-39-40-44-46-50-54-58-62-66-70-83(88)96-76-81(102-85(90)72-68-64-60-56-52-48-43-36-32-28-24-20-16-12-8-4)78-100-104(93,94)98-74-79(86)73-97-103(91,92)99-77-80(101-84(89)71-67-63-59-55-51-47-42-35-31-27-23-19-15-11-7-3)75-95-82(87)69-65-61-57-53-49-45-41-34-30-26-22-18-14-10-6-2/h9,12-13,16,21,24-25,28,33-34,36-37,39-41,43,46,50,52,56,58,62,64,68,79-81,86H,5-8,10-11,14-15,17-20,22-23,26-27,29-32,35,38,42,44-45,47-49,51,53-55,57,59-61,63,65-67,69-78H2,1-4H3,(H,91,92)(H,93,94)/b13-9-,16-12-,25-21-,28-24-,37-33-,40-39-,41-34-,43-36-,50-46-,56-52-,62-58-,68-64-. The van der Waals surface area contributed by atoms with Crippen molar-refractivity contribution in [3.05, 3.63) is 146 Å². The normalized spacial score (nSPS) is 14.6. The third-order valence-corrected chi connectivity index (χ3v) is 18.2. The van der Waals surface area contributed by atoms with Crippen LogP contribution < -0.4 is 0 Å². The lowest BCUT2D eigenvalue weighted by molar-refractivity contribution is -0.161. The zero-order valence-corrected chi connectivity index (χ0v) is 66.7. The third kappa shape index (κ3) is 75.2. The number of hydrogen-bond donors (Lipinski definition) is 3. The van der Waals surface area contributed by atoms with Crippen molar-refractivity contribution < 1.29 is 80.2 Å². The van der Waals surface area contributed by atoms with E-state index in [1.54, 1.807) is 12.2 Å². The maximum absolute atomic E-state index is 13.1. The van der Waals surface area contributed by atoms with Crippen LogP contribution >= 0.6 is 15.6 Å². The molecule has 0 amide bonds. The molecule has 0 spiro atoms. The number of unbranched alkanes of at least 4 members (excludes halogenated alkanes) is 25. The number of ether oxygens (including phenoxy) is 4. The molecule has 0 rings (SSSR count). The van der Waals surface area contributed by atoms with E-state index in [-0.39, 0.29) is 25.7 Å². The summed E-state index contributed by atoms with van der Waals surface area (Å²) < 4.78 is 68.4. The highest BCUT2D eigenvalue weighted by Gasteiger charge is 2.30. The van der Waals surface area contributed by atoms with Crippen LogP contribution in [0.2, 0.25) is 0 Å². The molecule has 0 aliphatic carbocycles. The molecule has 0 aliphatic rings. The summed E-state index contributed by atoms with van der Waals surface area (Å²) in [6.45, 7) is 4.45. The Hall–Kier alpha value is -5.06. The van der Waals surface area contributed by atoms with Crippen LogP contribution in [-0.4, -0.2) is 96.7 Å². The average Bonchev–Trinajstić information content (AvgIpc) is 0.918.